The molecular weight excluding hydrogens is 368 g/mol. The number of hydrogen-bond donors (Lipinski definition) is 2. The molecule has 0 radical (unpaired) electrons. The third-order valence-corrected chi connectivity index (χ3v) is 4.16. The van der Waals surface area contributed by atoms with Gasteiger partial charge in [-0.1, -0.05) is 24.3 Å². The molecule has 0 spiro atoms. The summed E-state index contributed by atoms with van der Waals surface area (Å²) in [5, 5.41) is 13.7. The van der Waals surface area contributed by atoms with E-state index in [-0.39, 0.29) is 6.03 Å². The zero-order chi connectivity index (χ0) is 20.1. The highest BCUT2D eigenvalue weighted by Crippen LogP contribution is 2.25. The SMILES string of the molecule is COc1cccc(NC(=O)Nc2ccc(-c3nnc(-c4ccccc4)o3)cc2)c1. The van der Waals surface area contributed by atoms with Gasteiger partial charge in [-0.15, -0.1) is 10.2 Å². The molecule has 3 aromatic carbocycles. The molecule has 2 N–H and O–H groups in total. The van der Waals surface area contributed by atoms with Gasteiger partial charge in [0, 0.05) is 28.6 Å². The molecule has 4 rings (SSSR count). The lowest BCUT2D eigenvalue weighted by Crippen LogP contribution is -2.19. The summed E-state index contributed by atoms with van der Waals surface area (Å²) in [6, 6.07) is 23.5. The monoisotopic (exact) mass is 386 g/mol. The van der Waals surface area contributed by atoms with Gasteiger partial charge in [-0.3, -0.25) is 0 Å². The molecule has 0 saturated carbocycles. The van der Waals surface area contributed by atoms with Crippen LogP contribution < -0.4 is 15.4 Å². The van der Waals surface area contributed by atoms with Crippen molar-refractivity contribution >= 4 is 17.4 Å². The Balaban J connectivity index is 1.41. The maximum atomic E-state index is 12.2. The van der Waals surface area contributed by atoms with Crippen LogP contribution in [-0.4, -0.2) is 23.3 Å². The molecule has 0 aliphatic carbocycles. The number of nitrogens with zero attached hydrogens (tertiary/aromatic N) is 2. The Bertz CT molecular complexity index is 1110. The van der Waals surface area contributed by atoms with Crippen LogP contribution in [0.15, 0.2) is 83.3 Å². The average Bonchev–Trinajstić information content (AvgIpc) is 3.25. The lowest BCUT2D eigenvalue weighted by atomic mass is 10.2. The van der Waals surface area contributed by atoms with Crippen LogP contribution in [0.3, 0.4) is 0 Å². The standard InChI is InChI=1S/C22H18N4O3/c1-28-19-9-5-8-18(14-19)24-22(27)23-17-12-10-16(11-13-17)21-26-25-20(29-21)15-6-3-2-4-7-15/h2-14H,1H3,(H2,23,24,27). The smallest absolute Gasteiger partial charge is 0.323 e. The van der Waals surface area contributed by atoms with Gasteiger partial charge in [0.25, 0.3) is 0 Å². The van der Waals surface area contributed by atoms with Gasteiger partial charge >= 0.3 is 6.03 Å². The fraction of sp³-hybridized carbons (Fsp3) is 0.0455. The lowest BCUT2D eigenvalue weighted by Gasteiger charge is -2.09. The van der Waals surface area contributed by atoms with Crippen molar-refractivity contribution < 1.29 is 13.9 Å². The topological polar surface area (TPSA) is 89.3 Å². The summed E-state index contributed by atoms with van der Waals surface area (Å²) in [6.07, 6.45) is 0. The molecule has 1 heterocycles. The summed E-state index contributed by atoms with van der Waals surface area (Å²) >= 11 is 0. The van der Waals surface area contributed by atoms with E-state index in [4.69, 9.17) is 9.15 Å². The van der Waals surface area contributed by atoms with Crippen LogP contribution in [0.4, 0.5) is 16.2 Å². The number of anilines is 2. The van der Waals surface area contributed by atoms with Crippen molar-refractivity contribution in [2.45, 2.75) is 0 Å². The van der Waals surface area contributed by atoms with Crippen molar-refractivity contribution in [2.24, 2.45) is 0 Å². The number of ether oxygens (including phenoxy) is 1. The van der Waals surface area contributed by atoms with Crippen LogP contribution in [0.2, 0.25) is 0 Å². The molecule has 144 valence electrons. The van der Waals surface area contributed by atoms with Gasteiger partial charge in [0.2, 0.25) is 11.8 Å². The van der Waals surface area contributed by atoms with Crippen molar-refractivity contribution in [1.29, 1.82) is 0 Å². The first-order chi connectivity index (χ1) is 14.2. The molecule has 0 bridgehead atoms. The number of methoxy groups -OCH3 is 1. The zero-order valence-electron chi connectivity index (χ0n) is 15.6. The Morgan fingerprint density at radius 1 is 0.793 bits per heavy atom. The van der Waals surface area contributed by atoms with Crippen molar-refractivity contribution in [2.75, 3.05) is 17.7 Å². The minimum atomic E-state index is -0.352. The maximum absolute atomic E-state index is 12.2. The molecule has 0 aliphatic heterocycles. The number of amides is 2. The molecule has 7 nitrogen and oxygen atoms in total. The maximum Gasteiger partial charge on any atom is 0.323 e. The van der Waals surface area contributed by atoms with E-state index < -0.39 is 0 Å². The van der Waals surface area contributed by atoms with E-state index in [0.717, 1.165) is 11.1 Å². The van der Waals surface area contributed by atoms with Crippen LogP contribution in [0.5, 0.6) is 5.75 Å². The van der Waals surface area contributed by atoms with E-state index in [0.29, 0.717) is 28.9 Å². The first-order valence-electron chi connectivity index (χ1n) is 8.93. The van der Waals surface area contributed by atoms with Gasteiger partial charge in [-0.2, -0.15) is 0 Å². The van der Waals surface area contributed by atoms with Crippen molar-refractivity contribution in [3.05, 3.63) is 78.9 Å². The van der Waals surface area contributed by atoms with Gasteiger partial charge in [0.15, 0.2) is 0 Å². The fourth-order valence-electron chi connectivity index (χ4n) is 2.73. The molecular formula is C22H18N4O3. The number of carbonyl (C=O) groups is 1. The third-order valence-electron chi connectivity index (χ3n) is 4.16. The number of benzene rings is 3. The summed E-state index contributed by atoms with van der Waals surface area (Å²) in [7, 11) is 1.58. The van der Waals surface area contributed by atoms with Gasteiger partial charge in [0.05, 0.1) is 7.11 Å². The van der Waals surface area contributed by atoms with Crippen LogP contribution >= 0.6 is 0 Å². The van der Waals surface area contributed by atoms with E-state index in [9.17, 15) is 4.79 Å². The van der Waals surface area contributed by atoms with E-state index in [1.807, 2.05) is 48.5 Å². The number of rotatable bonds is 5. The quantitative estimate of drug-likeness (QED) is 0.501. The van der Waals surface area contributed by atoms with Crippen LogP contribution in [0.25, 0.3) is 22.9 Å². The first-order valence-corrected chi connectivity index (χ1v) is 8.93. The predicted molar refractivity (Wildman–Crippen MR) is 111 cm³/mol. The summed E-state index contributed by atoms with van der Waals surface area (Å²) in [5.41, 5.74) is 2.90. The largest absolute Gasteiger partial charge is 0.497 e. The second-order valence-corrected chi connectivity index (χ2v) is 6.17. The summed E-state index contributed by atoms with van der Waals surface area (Å²) in [6.45, 7) is 0. The number of aromatic nitrogens is 2. The minimum absolute atomic E-state index is 0.352. The Hall–Kier alpha value is -4.13. The number of nitrogens with one attached hydrogen (secondary N) is 2. The molecule has 0 saturated heterocycles. The molecule has 0 atom stereocenters. The van der Waals surface area contributed by atoms with Gasteiger partial charge < -0.3 is 19.8 Å². The fourth-order valence-corrected chi connectivity index (χ4v) is 2.73. The van der Waals surface area contributed by atoms with Crippen LogP contribution in [0.1, 0.15) is 0 Å². The minimum Gasteiger partial charge on any atom is -0.497 e. The van der Waals surface area contributed by atoms with Gasteiger partial charge in [-0.25, -0.2) is 4.79 Å². The molecule has 2 amide bonds. The van der Waals surface area contributed by atoms with E-state index >= 15 is 0 Å². The van der Waals surface area contributed by atoms with E-state index in [1.54, 1.807) is 37.4 Å². The second-order valence-electron chi connectivity index (χ2n) is 6.17. The Labute approximate surface area is 167 Å². The molecule has 4 aromatic rings. The Kier molecular flexibility index (Phi) is 5.20. The molecule has 1 aromatic heterocycles. The normalized spacial score (nSPS) is 10.4. The number of urea groups is 1. The van der Waals surface area contributed by atoms with Crippen molar-refractivity contribution in [3.8, 4) is 28.7 Å². The summed E-state index contributed by atoms with van der Waals surface area (Å²) in [5.74, 6) is 1.54. The Morgan fingerprint density at radius 2 is 1.45 bits per heavy atom. The molecule has 0 aliphatic rings. The van der Waals surface area contributed by atoms with E-state index in [2.05, 4.69) is 20.8 Å². The highest BCUT2D eigenvalue weighted by atomic mass is 16.5. The zero-order valence-corrected chi connectivity index (χ0v) is 15.6. The summed E-state index contributed by atoms with van der Waals surface area (Å²) in [4.78, 5) is 12.2. The van der Waals surface area contributed by atoms with E-state index in [1.165, 1.54) is 0 Å². The number of carbonyl (C=O) groups excluding carboxylic acids is 1. The third kappa shape index (κ3) is 4.41. The second kappa shape index (κ2) is 8.26. The highest BCUT2D eigenvalue weighted by Gasteiger charge is 2.10. The number of hydrogen-bond acceptors (Lipinski definition) is 5. The van der Waals surface area contributed by atoms with Gasteiger partial charge in [-0.05, 0) is 48.5 Å². The van der Waals surface area contributed by atoms with Crippen molar-refractivity contribution in [3.63, 3.8) is 0 Å². The summed E-state index contributed by atoms with van der Waals surface area (Å²) < 4.78 is 10.9. The molecule has 0 unspecified atom stereocenters. The lowest BCUT2D eigenvalue weighted by molar-refractivity contribution is 0.262. The Morgan fingerprint density at radius 3 is 2.14 bits per heavy atom. The highest BCUT2D eigenvalue weighted by molar-refractivity contribution is 5.99. The predicted octanol–water partition coefficient (Wildman–Crippen LogP) is 5.06. The molecule has 29 heavy (non-hydrogen) atoms. The van der Waals surface area contributed by atoms with Crippen molar-refractivity contribution in [1.82, 2.24) is 10.2 Å². The first kappa shape index (κ1) is 18.2. The molecule has 0 fully saturated rings. The molecule has 7 heteroatoms. The van der Waals surface area contributed by atoms with Gasteiger partial charge in [0.1, 0.15) is 5.75 Å². The van der Waals surface area contributed by atoms with Crippen LogP contribution in [-0.2, 0) is 0 Å². The average molecular weight is 386 g/mol. The van der Waals surface area contributed by atoms with Crippen LogP contribution in [0, 0.1) is 0 Å².